The summed E-state index contributed by atoms with van der Waals surface area (Å²) in [5, 5.41) is 0.644. The van der Waals surface area contributed by atoms with E-state index < -0.39 is 10.0 Å². The first-order chi connectivity index (χ1) is 11.9. The van der Waals surface area contributed by atoms with Crippen LogP contribution in [0.3, 0.4) is 0 Å². The number of rotatable bonds is 5. The Morgan fingerprint density at radius 2 is 1.76 bits per heavy atom. The number of alkyl halides is 1. The van der Waals surface area contributed by atoms with E-state index in [4.69, 9.17) is 4.74 Å². The van der Waals surface area contributed by atoms with Crippen LogP contribution in [0.4, 0.5) is 0 Å². The molecule has 0 aliphatic carbocycles. The summed E-state index contributed by atoms with van der Waals surface area (Å²) in [6, 6.07) is 13.2. The molecular formula is C17H13I2NO4S. The van der Waals surface area contributed by atoms with Gasteiger partial charge in [0, 0.05) is 5.39 Å². The minimum atomic E-state index is -3.84. The third-order valence-electron chi connectivity index (χ3n) is 3.77. The van der Waals surface area contributed by atoms with Gasteiger partial charge in [-0.1, -0.05) is 40.8 Å². The number of para-hydroxylation sites is 1. The lowest BCUT2D eigenvalue weighted by molar-refractivity contribution is 0.102. The summed E-state index contributed by atoms with van der Waals surface area (Å²) in [5.41, 5.74) is 0.943. The van der Waals surface area contributed by atoms with Crippen molar-refractivity contribution in [2.75, 3.05) is 11.5 Å². The molecule has 130 valence electrons. The highest BCUT2D eigenvalue weighted by atomic mass is 127. The minimum Gasteiger partial charge on any atom is -0.497 e. The van der Waals surface area contributed by atoms with E-state index in [1.807, 2.05) is 45.2 Å². The number of ketones is 1. The van der Waals surface area contributed by atoms with Crippen molar-refractivity contribution < 1.29 is 17.9 Å². The van der Waals surface area contributed by atoms with Gasteiger partial charge in [-0.25, -0.2) is 12.4 Å². The molecular weight excluding hydrogens is 568 g/mol. The number of ether oxygens (including phenoxy) is 1. The van der Waals surface area contributed by atoms with Crippen molar-refractivity contribution >= 4 is 71.9 Å². The Morgan fingerprint density at radius 1 is 1.12 bits per heavy atom. The molecule has 1 aromatic heterocycles. The smallest absolute Gasteiger partial charge is 0.269 e. The van der Waals surface area contributed by atoms with Gasteiger partial charge in [-0.2, -0.15) is 0 Å². The van der Waals surface area contributed by atoms with Gasteiger partial charge in [0.2, 0.25) is 0 Å². The van der Waals surface area contributed by atoms with Crippen LogP contribution in [-0.2, 0) is 10.0 Å². The van der Waals surface area contributed by atoms with Gasteiger partial charge >= 0.3 is 0 Å². The number of aromatic nitrogens is 1. The molecule has 0 bridgehead atoms. The number of methoxy groups -OCH3 is 1. The standard InChI is InChI=1S/C17H13I2NO4S/c1-24-11-6-8-12(9-7-11)25(22,23)20-14-5-3-2-4-13(14)16(17(20)19)15(21)10-18/h2-9H,10H2,1H3. The highest BCUT2D eigenvalue weighted by Crippen LogP contribution is 2.32. The number of nitrogens with zero attached hydrogens (tertiary/aromatic N) is 1. The minimum absolute atomic E-state index is 0.0927. The van der Waals surface area contributed by atoms with E-state index in [0.717, 1.165) is 0 Å². The van der Waals surface area contributed by atoms with Crippen molar-refractivity contribution in [3.63, 3.8) is 0 Å². The second kappa shape index (κ2) is 7.23. The summed E-state index contributed by atoms with van der Waals surface area (Å²) in [7, 11) is -2.32. The third kappa shape index (κ3) is 3.19. The normalized spacial score (nSPS) is 11.6. The van der Waals surface area contributed by atoms with Crippen molar-refractivity contribution in [2.45, 2.75) is 4.90 Å². The average Bonchev–Trinajstić information content (AvgIpc) is 2.93. The van der Waals surface area contributed by atoms with Crippen molar-refractivity contribution in [3.8, 4) is 5.75 Å². The lowest BCUT2D eigenvalue weighted by Gasteiger charge is -2.10. The average molecular weight is 581 g/mol. The Kier molecular flexibility index (Phi) is 5.40. The molecule has 0 atom stereocenters. The number of carbonyl (C=O) groups excluding carboxylic acids is 1. The summed E-state index contributed by atoms with van der Waals surface area (Å²) in [6.07, 6.45) is 0. The van der Waals surface area contributed by atoms with Crippen LogP contribution >= 0.6 is 45.2 Å². The molecule has 0 radical (unpaired) electrons. The van der Waals surface area contributed by atoms with Gasteiger partial charge in [0.1, 0.15) is 9.45 Å². The van der Waals surface area contributed by atoms with Crippen LogP contribution < -0.4 is 4.74 Å². The molecule has 2 aromatic carbocycles. The number of fused-ring (bicyclic) bond motifs is 1. The molecule has 5 nitrogen and oxygen atoms in total. The van der Waals surface area contributed by atoms with E-state index >= 15 is 0 Å². The summed E-state index contributed by atoms with van der Waals surface area (Å²) >= 11 is 3.92. The van der Waals surface area contributed by atoms with Crippen LogP contribution in [0.2, 0.25) is 0 Å². The summed E-state index contributed by atoms with van der Waals surface area (Å²) in [5.74, 6) is 0.483. The molecule has 0 amide bonds. The largest absolute Gasteiger partial charge is 0.497 e. The fraction of sp³-hybridized carbons (Fsp3) is 0.118. The SMILES string of the molecule is COc1ccc(S(=O)(=O)n2c(I)c(C(=O)CI)c3ccccc32)cc1. The molecule has 0 saturated heterocycles. The van der Waals surface area contributed by atoms with Crippen LogP contribution in [-0.4, -0.2) is 29.7 Å². The van der Waals surface area contributed by atoms with Gasteiger partial charge in [-0.05, 0) is 52.9 Å². The zero-order chi connectivity index (χ0) is 18.2. The molecule has 0 fully saturated rings. The number of hydrogen-bond donors (Lipinski definition) is 0. The van der Waals surface area contributed by atoms with E-state index in [2.05, 4.69) is 0 Å². The fourth-order valence-corrected chi connectivity index (χ4v) is 6.02. The number of Topliss-reactive ketones (excluding diaryl/α,β-unsaturated/α-hetero) is 1. The predicted octanol–water partition coefficient (Wildman–Crippen LogP) is 4.11. The lowest BCUT2D eigenvalue weighted by Crippen LogP contribution is -2.15. The van der Waals surface area contributed by atoms with Gasteiger partial charge in [-0.15, -0.1) is 0 Å². The van der Waals surface area contributed by atoms with E-state index in [9.17, 15) is 13.2 Å². The van der Waals surface area contributed by atoms with E-state index in [1.165, 1.54) is 23.2 Å². The third-order valence-corrected chi connectivity index (χ3v) is 7.54. The van der Waals surface area contributed by atoms with Gasteiger partial charge in [0.05, 0.1) is 27.5 Å². The van der Waals surface area contributed by atoms with Crippen molar-refractivity contribution in [2.24, 2.45) is 0 Å². The van der Waals surface area contributed by atoms with Crippen LogP contribution in [0.1, 0.15) is 10.4 Å². The van der Waals surface area contributed by atoms with Crippen molar-refractivity contribution in [3.05, 3.63) is 57.8 Å². The Balaban J connectivity index is 2.30. The fourth-order valence-electron chi connectivity index (χ4n) is 2.60. The number of halogens is 2. The van der Waals surface area contributed by atoms with Crippen LogP contribution in [0.15, 0.2) is 53.4 Å². The van der Waals surface area contributed by atoms with Crippen LogP contribution in [0, 0.1) is 3.70 Å². The number of carbonyl (C=O) groups is 1. The number of benzene rings is 2. The number of hydrogen-bond acceptors (Lipinski definition) is 4. The summed E-state index contributed by atoms with van der Waals surface area (Å²) in [4.78, 5) is 12.5. The summed E-state index contributed by atoms with van der Waals surface area (Å²) in [6.45, 7) is 0. The predicted molar refractivity (Wildman–Crippen MR) is 113 cm³/mol. The monoisotopic (exact) mass is 581 g/mol. The molecule has 1 heterocycles. The topological polar surface area (TPSA) is 65.4 Å². The van der Waals surface area contributed by atoms with Gasteiger partial charge in [-0.3, -0.25) is 4.79 Å². The van der Waals surface area contributed by atoms with Gasteiger partial charge < -0.3 is 4.74 Å². The van der Waals surface area contributed by atoms with Crippen molar-refractivity contribution in [1.29, 1.82) is 0 Å². The quantitative estimate of drug-likeness (QED) is 0.259. The maximum Gasteiger partial charge on any atom is 0.269 e. The Labute approximate surface area is 172 Å². The molecule has 0 aliphatic rings. The molecule has 25 heavy (non-hydrogen) atoms. The summed E-state index contributed by atoms with van der Waals surface area (Å²) < 4.78 is 33.4. The Hall–Kier alpha value is -1.14. The molecule has 0 spiro atoms. The first kappa shape index (κ1) is 18.6. The second-order valence-corrected chi connectivity index (χ2v) is 8.76. The maximum absolute atomic E-state index is 13.2. The zero-order valence-electron chi connectivity index (χ0n) is 13.1. The highest BCUT2D eigenvalue weighted by Gasteiger charge is 2.28. The highest BCUT2D eigenvalue weighted by molar-refractivity contribution is 14.1. The van der Waals surface area contributed by atoms with Crippen molar-refractivity contribution in [1.82, 2.24) is 3.97 Å². The van der Waals surface area contributed by atoms with Gasteiger partial charge in [0.25, 0.3) is 10.0 Å². The van der Waals surface area contributed by atoms with Crippen LogP contribution in [0.25, 0.3) is 10.9 Å². The molecule has 0 saturated carbocycles. The Bertz CT molecular complexity index is 1060. The maximum atomic E-state index is 13.2. The molecule has 0 aliphatic heterocycles. The lowest BCUT2D eigenvalue weighted by atomic mass is 10.1. The molecule has 3 rings (SSSR count). The second-order valence-electron chi connectivity index (χ2n) is 5.18. The first-order valence-corrected chi connectivity index (χ1v) is 11.2. The van der Waals surface area contributed by atoms with Gasteiger partial charge in [0.15, 0.2) is 5.78 Å². The molecule has 0 unspecified atom stereocenters. The molecule has 8 heteroatoms. The molecule has 0 N–H and O–H groups in total. The zero-order valence-corrected chi connectivity index (χ0v) is 18.2. The van der Waals surface area contributed by atoms with E-state index in [1.54, 1.807) is 36.4 Å². The van der Waals surface area contributed by atoms with E-state index in [0.29, 0.717) is 25.9 Å². The van der Waals surface area contributed by atoms with Crippen LogP contribution in [0.5, 0.6) is 5.75 Å². The van der Waals surface area contributed by atoms with E-state index in [-0.39, 0.29) is 15.1 Å². The molecule has 3 aromatic rings. The Morgan fingerprint density at radius 3 is 2.36 bits per heavy atom. The first-order valence-electron chi connectivity index (χ1n) is 7.19.